The van der Waals surface area contributed by atoms with Gasteiger partial charge < -0.3 is 9.47 Å². The molecule has 1 saturated carbocycles. The molecule has 0 spiro atoms. The molecule has 0 bridgehead atoms. The van der Waals surface area contributed by atoms with Gasteiger partial charge in [0.05, 0.1) is 25.0 Å². The Bertz CT molecular complexity index is 1400. The zero-order valence-corrected chi connectivity index (χ0v) is 18.6. The van der Waals surface area contributed by atoms with Crippen LogP contribution in [0, 0.1) is 17.6 Å². The molecule has 2 aromatic carbocycles. The van der Waals surface area contributed by atoms with E-state index in [0.717, 1.165) is 36.6 Å². The second-order valence-electron chi connectivity index (χ2n) is 7.86. The van der Waals surface area contributed by atoms with Crippen molar-refractivity contribution in [2.75, 3.05) is 13.7 Å². The Balaban J connectivity index is 1.63. The minimum atomic E-state index is -0.765. The van der Waals surface area contributed by atoms with Crippen molar-refractivity contribution in [3.63, 3.8) is 0 Å². The Morgan fingerprint density at radius 1 is 1.18 bits per heavy atom. The molecule has 8 heteroatoms. The number of halogens is 2. The van der Waals surface area contributed by atoms with E-state index in [0.29, 0.717) is 34.7 Å². The summed E-state index contributed by atoms with van der Waals surface area (Å²) in [5.74, 6) is 0.239. The highest BCUT2D eigenvalue weighted by atomic mass is 32.1. The normalized spacial score (nSPS) is 13.7. The molecule has 0 N–H and O–H groups in total. The molecule has 0 saturated heterocycles. The van der Waals surface area contributed by atoms with Crippen LogP contribution in [0.2, 0.25) is 0 Å². The first-order chi connectivity index (χ1) is 16.0. The molecule has 0 unspecified atom stereocenters. The van der Waals surface area contributed by atoms with E-state index in [9.17, 15) is 13.6 Å². The van der Waals surface area contributed by atoms with Gasteiger partial charge in [0, 0.05) is 23.2 Å². The maximum atomic E-state index is 14.0. The van der Waals surface area contributed by atoms with E-state index in [1.165, 1.54) is 15.7 Å². The predicted octanol–water partition coefficient (Wildman–Crippen LogP) is 5.67. The van der Waals surface area contributed by atoms with Crippen LogP contribution < -0.4 is 15.0 Å². The van der Waals surface area contributed by atoms with Crippen molar-refractivity contribution in [3.8, 4) is 22.6 Å². The maximum Gasteiger partial charge on any atom is 0.266 e. The molecule has 2 heterocycles. The van der Waals surface area contributed by atoms with Gasteiger partial charge in [0.25, 0.3) is 5.56 Å². The van der Waals surface area contributed by atoms with E-state index < -0.39 is 17.2 Å². The molecule has 168 valence electrons. The Hall–Kier alpha value is -3.52. The topological polar surface area (TPSA) is 52.8 Å². The van der Waals surface area contributed by atoms with Crippen molar-refractivity contribution < 1.29 is 18.3 Å². The molecule has 33 heavy (non-hydrogen) atoms. The monoisotopic (exact) mass is 466 g/mol. The molecule has 4 aromatic rings. The molecular weight excluding hydrogens is 446 g/mol. The zero-order valence-electron chi connectivity index (χ0n) is 17.8. The first-order valence-electron chi connectivity index (χ1n) is 10.5. The number of ether oxygens (including phenoxy) is 2. The predicted molar refractivity (Wildman–Crippen MR) is 125 cm³/mol. The van der Waals surface area contributed by atoms with Crippen LogP contribution in [0.5, 0.6) is 11.5 Å². The van der Waals surface area contributed by atoms with E-state index >= 15 is 0 Å². The summed E-state index contributed by atoms with van der Waals surface area (Å²) in [4.78, 5) is 18.3. The molecule has 0 atom stereocenters. The largest absolute Gasteiger partial charge is 0.493 e. The van der Waals surface area contributed by atoms with Gasteiger partial charge in [-0.1, -0.05) is 12.1 Å². The highest BCUT2D eigenvalue weighted by molar-refractivity contribution is 7.15. The van der Waals surface area contributed by atoms with Crippen molar-refractivity contribution in [2.45, 2.75) is 12.8 Å². The summed E-state index contributed by atoms with van der Waals surface area (Å²) in [6.45, 7) is 0.607. The van der Waals surface area contributed by atoms with Crippen LogP contribution in [0.1, 0.15) is 24.1 Å². The Morgan fingerprint density at radius 2 is 1.97 bits per heavy atom. The number of fused-ring (bicyclic) bond motifs is 1. The fraction of sp³-hybridized carbons (Fsp3) is 0.200. The fourth-order valence-electron chi connectivity index (χ4n) is 3.62. The summed E-state index contributed by atoms with van der Waals surface area (Å²) < 4.78 is 40.8. The lowest BCUT2D eigenvalue weighted by molar-refractivity contribution is 0.280. The van der Waals surface area contributed by atoms with Gasteiger partial charge in [-0.3, -0.25) is 9.20 Å². The molecule has 1 aliphatic carbocycles. The third-order valence-electron chi connectivity index (χ3n) is 5.46. The van der Waals surface area contributed by atoms with E-state index in [4.69, 9.17) is 9.47 Å². The smallest absolute Gasteiger partial charge is 0.266 e. The summed E-state index contributed by atoms with van der Waals surface area (Å²) in [5.41, 5.74) is 0.898. The third kappa shape index (κ3) is 4.39. The van der Waals surface area contributed by atoms with E-state index in [-0.39, 0.29) is 11.1 Å². The van der Waals surface area contributed by atoms with Crippen LogP contribution >= 0.6 is 11.3 Å². The number of methoxy groups -OCH3 is 1. The Morgan fingerprint density at radius 3 is 2.70 bits per heavy atom. The number of nitrogens with zero attached hydrogens (tertiary/aromatic N) is 2. The van der Waals surface area contributed by atoms with Crippen LogP contribution in [0.15, 0.2) is 52.8 Å². The number of aromatic nitrogens is 2. The first-order valence-corrected chi connectivity index (χ1v) is 11.4. The number of benzene rings is 2. The molecular formula is C25H20F2N2O3S. The summed E-state index contributed by atoms with van der Waals surface area (Å²) in [6, 6.07) is 8.58. The van der Waals surface area contributed by atoms with Crippen LogP contribution in [0.25, 0.3) is 28.2 Å². The lowest BCUT2D eigenvalue weighted by atomic mass is 10.0. The van der Waals surface area contributed by atoms with Crippen LogP contribution in [0.3, 0.4) is 0 Å². The maximum absolute atomic E-state index is 14.0. The average molecular weight is 467 g/mol. The van der Waals surface area contributed by atoms with E-state index in [2.05, 4.69) is 4.98 Å². The number of para-hydroxylation sites is 1. The van der Waals surface area contributed by atoms with Gasteiger partial charge >= 0.3 is 0 Å². The lowest BCUT2D eigenvalue weighted by Gasteiger charge is -2.13. The summed E-state index contributed by atoms with van der Waals surface area (Å²) in [5, 5.41) is 1.74. The van der Waals surface area contributed by atoms with Crippen molar-refractivity contribution in [2.24, 2.45) is 5.92 Å². The SMILES string of the molecule is COc1cccc(/C=C/c2nc3sccn3c(=O)c2-c2cc(F)cc(F)c2)c1OCC1CC1. The standard InChI is InChI=1S/C25H20F2N2O3S/c1-31-21-4-2-3-16(23(21)32-14-15-5-6-15)7-8-20-22(17-11-18(26)13-19(27)12-17)24(30)29-9-10-33-25(29)28-20/h2-4,7-13,15H,5-6,14H2,1H3/b8-7+. The van der Waals surface area contributed by atoms with Gasteiger partial charge in [0.1, 0.15) is 11.6 Å². The molecule has 1 aliphatic rings. The molecule has 1 fully saturated rings. The molecule has 0 amide bonds. The minimum Gasteiger partial charge on any atom is -0.493 e. The number of rotatable bonds is 7. The van der Waals surface area contributed by atoms with Crippen LogP contribution in [-0.4, -0.2) is 23.1 Å². The highest BCUT2D eigenvalue weighted by Gasteiger charge is 2.23. The lowest BCUT2D eigenvalue weighted by Crippen LogP contribution is -2.17. The number of hydrogen-bond acceptors (Lipinski definition) is 5. The van der Waals surface area contributed by atoms with E-state index in [1.807, 2.05) is 18.2 Å². The molecule has 5 rings (SSSR count). The number of thiazole rings is 1. The van der Waals surface area contributed by atoms with Gasteiger partial charge in [-0.15, -0.1) is 11.3 Å². The minimum absolute atomic E-state index is 0.115. The first kappa shape index (κ1) is 21.3. The van der Waals surface area contributed by atoms with Crippen molar-refractivity contribution in [1.29, 1.82) is 0 Å². The van der Waals surface area contributed by atoms with E-state index in [1.54, 1.807) is 30.8 Å². The molecule has 0 radical (unpaired) electrons. The average Bonchev–Trinajstić information content (AvgIpc) is 3.50. The second kappa shape index (κ2) is 8.78. The molecule has 0 aliphatic heterocycles. The third-order valence-corrected chi connectivity index (χ3v) is 6.21. The van der Waals surface area contributed by atoms with Crippen LogP contribution in [-0.2, 0) is 0 Å². The molecule has 2 aromatic heterocycles. The van der Waals surface area contributed by atoms with Crippen molar-refractivity contribution in [1.82, 2.24) is 9.38 Å². The van der Waals surface area contributed by atoms with Gasteiger partial charge in [-0.25, -0.2) is 13.8 Å². The van der Waals surface area contributed by atoms with Gasteiger partial charge in [0.2, 0.25) is 0 Å². The highest BCUT2D eigenvalue weighted by Crippen LogP contribution is 2.36. The summed E-state index contributed by atoms with van der Waals surface area (Å²) >= 11 is 1.30. The van der Waals surface area contributed by atoms with Crippen molar-refractivity contribution in [3.05, 3.63) is 81.2 Å². The summed E-state index contributed by atoms with van der Waals surface area (Å²) in [7, 11) is 1.58. The van der Waals surface area contributed by atoms with Gasteiger partial charge in [-0.05, 0) is 54.7 Å². The summed E-state index contributed by atoms with van der Waals surface area (Å²) in [6.07, 6.45) is 7.34. The zero-order chi connectivity index (χ0) is 22.9. The Kier molecular flexibility index (Phi) is 5.68. The Labute approximate surface area is 192 Å². The number of hydrogen-bond donors (Lipinski definition) is 0. The van der Waals surface area contributed by atoms with Crippen LogP contribution in [0.4, 0.5) is 8.78 Å². The van der Waals surface area contributed by atoms with Gasteiger partial charge in [0.15, 0.2) is 16.5 Å². The van der Waals surface area contributed by atoms with Gasteiger partial charge in [-0.2, -0.15) is 0 Å². The fourth-order valence-corrected chi connectivity index (χ4v) is 4.33. The quantitative estimate of drug-likeness (QED) is 0.352. The van der Waals surface area contributed by atoms with Crippen molar-refractivity contribution >= 4 is 28.4 Å². The molecule has 5 nitrogen and oxygen atoms in total. The second-order valence-corrected chi connectivity index (χ2v) is 8.73.